The summed E-state index contributed by atoms with van der Waals surface area (Å²) in [5.41, 5.74) is 0.115. The fourth-order valence-corrected chi connectivity index (χ4v) is 2.43. The summed E-state index contributed by atoms with van der Waals surface area (Å²) in [6.45, 7) is 1.39. The fourth-order valence-electron chi connectivity index (χ4n) is 1.89. The molecule has 2 rings (SSSR count). The summed E-state index contributed by atoms with van der Waals surface area (Å²) in [4.78, 5) is 13.9. The molecule has 1 aromatic carbocycles. The highest BCUT2D eigenvalue weighted by atomic mass is 79.9. The number of benzene rings is 1. The fraction of sp³-hybridized carbons (Fsp3) is 0.417. The number of phenolic OH excluding ortho intramolecular Hbond substituents is 1. The standard InChI is InChI=1S/C12H13BrFNO3/c13-6-9-7-18-4-3-15(9)12(17)10-2-1-8(14)5-11(10)16/h1-2,5,9,16H,3-4,6-7H2. The molecule has 18 heavy (non-hydrogen) atoms. The number of amides is 1. The summed E-state index contributed by atoms with van der Waals surface area (Å²) in [5, 5.41) is 10.2. The van der Waals surface area contributed by atoms with Crippen LogP contribution >= 0.6 is 15.9 Å². The molecule has 1 aromatic rings. The van der Waals surface area contributed by atoms with Crippen molar-refractivity contribution in [1.82, 2.24) is 4.90 Å². The lowest BCUT2D eigenvalue weighted by atomic mass is 10.1. The van der Waals surface area contributed by atoms with E-state index in [1.807, 2.05) is 0 Å². The van der Waals surface area contributed by atoms with Crippen molar-refractivity contribution < 1.29 is 19.0 Å². The number of ether oxygens (including phenoxy) is 1. The molecular formula is C12H13BrFNO3. The summed E-state index contributed by atoms with van der Waals surface area (Å²) in [6, 6.07) is 3.33. The van der Waals surface area contributed by atoms with Crippen LogP contribution in [0.1, 0.15) is 10.4 Å². The van der Waals surface area contributed by atoms with Crippen LogP contribution in [0.5, 0.6) is 5.75 Å². The third-order valence-corrected chi connectivity index (χ3v) is 3.60. The van der Waals surface area contributed by atoms with Crippen molar-refractivity contribution in [2.75, 3.05) is 25.1 Å². The Balaban J connectivity index is 2.24. The molecule has 1 heterocycles. The largest absolute Gasteiger partial charge is 0.507 e. The zero-order chi connectivity index (χ0) is 13.1. The SMILES string of the molecule is O=C(c1ccc(F)cc1O)N1CCOCC1CBr. The molecule has 0 radical (unpaired) electrons. The number of carbonyl (C=O) groups is 1. The van der Waals surface area contributed by atoms with E-state index in [-0.39, 0.29) is 23.3 Å². The van der Waals surface area contributed by atoms with Crippen LogP contribution in [0.4, 0.5) is 4.39 Å². The normalized spacial score (nSPS) is 19.9. The van der Waals surface area contributed by atoms with Gasteiger partial charge in [-0.15, -0.1) is 0 Å². The van der Waals surface area contributed by atoms with Crippen molar-refractivity contribution in [2.45, 2.75) is 6.04 Å². The highest BCUT2D eigenvalue weighted by Gasteiger charge is 2.28. The topological polar surface area (TPSA) is 49.8 Å². The number of phenols is 1. The Kier molecular flexibility index (Phi) is 4.19. The quantitative estimate of drug-likeness (QED) is 0.846. The van der Waals surface area contributed by atoms with Gasteiger partial charge in [-0.3, -0.25) is 4.79 Å². The molecule has 4 nitrogen and oxygen atoms in total. The number of carbonyl (C=O) groups excluding carboxylic acids is 1. The van der Waals surface area contributed by atoms with Crippen LogP contribution in [0.3, 0.4) is 0 Å². The summed E-state index contributed by atoms with van der Waals surface area (Å²) in [5.74, 6) is -1.21. The minimum absolute atomic E-state index is 0.0734. The summed E-state index contributed by atoms with van der Waals surface area (Å²) in [7, 11) is 0. The lowest BCUT2D eigenvalue weighted by molar-refractivity contribution is 0.00509. The van der Waals surface area contributed by atoms with E-state index in [9.17, 15) is 14.3 Å². The Labute approximate surface area is 112 Å². The van der Waals surface area contributed by atoms with Crippen LogP contribution < -0.4 is 0 Å². The minimum atomic E-state index is -0.567. The number of aromatic hydroxyl groups is 1. The molecule has 98 valence electrons. The Hall–Kier alpha value is -1.14. The number of nitrogens with zero attached hydrogens (tertiary/aromatic N) is 1. The van der Waals surface area contributed by atoms with Gasteiger partial charge in [0.1, 0.15) is 11.6 Å². The molecule has 1 aliphatic heterocycles. The average molecular weight is 318 g/mol. The van der Waals surface area contributed by atoms with Crippen LogP contribution in [0.2, 0.25) is 0 Å². The molecule has 1 aliphatic rings. The predicted molar refractivity (Wildman–Crippen MR) is 67.5 cm³/mol. The highest BCUT2D eigenvalue weighted by molar-refractivity contribution is 9.09. The van der Waals surface area contributed by atoms with Gasteiger partial charge in [0.15, 0.2) is 0 Å². The van der Waals surface area contributed by atoms with Gasteiger partial charge in [0.2, 0.25) is 0 Å². The highest BCUT2D eigenvalue weighted by Crippen LogP contribution is 2.22. The number of hydrogen-bond acceptors (Lipinski definition) is 3. The zero-order valence-corrected chi connectivity index (χ0v) is 11.2. The van der Waals surface area contributed by atoms with Gasteiger partial charge in [-0.2, -0.15) is 0 Å². The number of rotatable bonds is 2. The van der Waals surface area contributed by atoms with Crippen molar-refractivity contribution in [3.63, 3.8) is 0 Å². The third-order valence-electron chi connectivity index (χ3n) is 2.86. The molecule has 0 saturated carbocycles. The smallest absolute Gasteiger partial charge is 0.258 e. The van der Waals surface area contributed by atoms with Gasteiger partial charge < -0.3 is 14.7 Å². The van der Waals surface area contributed by atoms with Crippen LogP contribution in [0.15, 0.2) is 18.2 Å². The van der Waals surface area contributed by atoms with Crippen molar-refractivity contribution in [3.05, 3.63) is 29.6 Å². The van der Waals surface area contributed by atoms with Crippen molar-refractivity contribution in [2.24, 2.45) is 0 Å². The second kappa shape index (κ2) is 5.67. The molecule has 1 saturated heterocycles. The molecule has 1 amide bonds. The van der Waals surface area contributed by atoms with E-state index in [1.165, 1.54) is 6.07 Å². The average Bonchev–Trinajstić information content (AvgIpc) is 2.38. The van der Waals surface area contributed by atoms with Crippen LogP contribution in [0.25, 0.3) is 0 Å². The van der Waals surface area contributed by atoms with Gasteiger partial charge in [0, 0.05) is 17.9 Å². The number of hydrogen-bond donors (Lipinski definition) is 1. The van der Waals surface area contributed by atoms with Crippen molar-refractivity contribution >= 4 is 21.8 Å². The van der Waals surface area contributed by atoms with E-state index in [4.69, 9.17) is 4.74 Å². The molecule has 0 aromatic heterocycles. The monoisotopic (exact) mass is 317 g/mol. The molecule has 1 fully saturated rings. The second-order valence-corrected chi connectivity index (χ2v) is 4.69. The van der Waals surface area contributed by atoms with Crippen LogP contribution in [-0.4, -0.2) is 47.0 Å². The molecule has 1 N–H and O–H groups in total. The first kappa shape index (κ1) is 13.3. The Morgan fingerprint density at radius 3 is 3.06 bits per heavy atom. The van der Waals surface area contributed by atoms with Crippen molar-refractivity contribution in [3.8, 4) is 5.75 Å². The summed E-state index contributed by atoms with van der Waals surface area (Å²) >= 11 is 3.33. The number of halogens is 2. The van der Waals surface area contributed by atoms with Gasteiger partial charge in [-0.1, -0.05) is 15.9 Å². The number of alkyl halides is 1. The zero-order valence-electron chi connectivity index (χ0n) is 9.60. The number of morpholine rings is 1. The van der Waals surface area contributed by atoms with Gasteiger partial charge in [-0.25, -0.2) is 4.39 Å². The molecule has 1 unspecified atom stereocenters. The lowest BCUT2D eigenvalue weighted by Gasteiger charge is -2.34. The van der Waals surface area contributed by atoms with Crippen LogP contribution in [-0.2, 0) is 4.74 Å². The van der Waals surface area contributed by atoms with E-state index >= 15 is 0 Å². The lowest BCUT2D eigenvalue weighted by Crippen LogP contribution is -2.49. The van der Waals surface area contributed by atoms with Gasteiger partial charge in [0.25, 0.3) is 5.91 Å². The Morgan fingerprint density at radius 1 is 1.61 bits per heavy atom. The Bertz CT molecular complexity index is 455. The summed E-state index contributed by atoms with van der Waals surface area (Å²) in [6.07, 6.45) is 0. The van der Waals surface area contributed by atoms with Crippen LogP contribution in [0, 0.1) is 5.82 Å². The van der Waals surface area contributed by atoms with E-state index in [0.717, 1.165) is 12.1 Å². The van der Waals surface area contributed by atoms with Gasteiger partial charge in [0.05, 0.1) is 24.8 Å². The summed E-state index contributed by atoms with van der Waals surface area (Å²) < 4.78 is 18.2. The maximum Gasteiger partial charge on any atom is 0.258 e. The molecule has 1 atom stereocenters. The van der Waals surface area contributed by atoms with Gasteiger partial charge >= 0.3 is 0 Å². The van der Waals surface area contributed by atoms with Gasteiger partial charge in [-0.05, 0) is 12.1 Å². The predicted octanol–water partition coefficient (Wildman–Crippen LogP) is 1.77. The first-order valence-corrected chi connectivity index (χ1v) is 6.69. The van der Waals surface area contributed by atoms with E-state index in [2.05, 4.69) is 15.9 Å². The molecule has 0 bridgehead atoms. The maximum atomic E-state index is 12.9. The minimum Gasteiger partial charge on any atom is -0.507 e. The molecule has 0 aliphatic carbocycles. The van der Waals surface area contributed by atoms with E-state index in [1.54, 1.807) is 4.90 Å². The third kappa shape index (κ3) is 2.64. The maximum absolute atomic E-state index is 12.9. The van der Waals surface area contributed by atoms with E-state index < -0.39 is 5.82 Å². The molecular weight excluding hydrogens is 305 g/mol. The molecule has 6 heteroatoms. The van der Waals surface area contributed by atoms with E-state index in [0.29, 0.717) is 25.1 Å². The first-order chi connectivity index (χ1) is 8.63. The first-order valence-electron chi connectivity index (χ1n) is 5.56. The Morgan fingerprint density at radius 2 is 2.39 bits per heavy atom. The van der Waals surface area contributed by atoms with Crippen molar-refractivity contribution in [1.29, 1.82) is 0 Å². The molecule has 0 spiro atoms. The second-order valence-electron chi connectivity index (χ2n) is 4.04.